The zero-order valence-corrected chi connectivity index (χ0v) is 11.7. The van der Waals surface area contributed by atoms with Gasteiger partial charge in [-0.1, -0.05) is 41.4 Å². The van der Waals surface area contributed by atoms with Gasteiger partial charge in [0.1, 0.15) is 12.4 Å². The van der Waals surface area contributed by atoms with E-state index in [1.807, 2.05) is 0 Å². The summed E-state index contributed by atoms with van der Waals surface area (Å²) in [7, 11) is -1.88. The Labute approximate surface area is 125 Å². The fraction of sp³-hybridized carbons (Fsp3) is 0.0769. The molecule has 0 fully saturated rings. The fourth-order valence-electron chi connectivity index (χ4n) is 1.66. The molecule has 0 saturated heterocycles. The molecular formula is C13H10BCl2FO3. The molecule has 0 aliphatic rings. The number of para-hydroxylation sites is 1. The van der Waals surface area contributed by atoms with E-state index in [-0.39, 0.29) is 12.1 Å². The quantitative estimate of drug-likeness (QED) is 0.852. The molecule has 7 heteroatoms. The smallest absolute Gasteiger partial charge is 0.486 e. The summed E-state index contributed by atoms with van der Waals surface area (Å²) in [5, 5.41) is 18.8. The highest BCUT2D eigenvalue weighted by Crippen LogP contribution is 2.32. The lowest BCUT2D eigenvalue weighted by molar-refractivity contribution is 0.306. The molecule has 0 aliphatic carbocycles. The molecule has 0 heterocycles. The van der Waals surface area contributed by atoms with Gasteiger partial charge in [-0.2, -0.15) is 0 Å². The first-order valence-electron chi connectivity index (χ1n) is 5.70. The zero-order valence-electron chi connectivity index (χ0n) is 10.2. The van der Waals surface area contributed by atoms with Gasteiger partial charge in [-0.05, 0) is 23.8 Å². The summed E-state index contributed by atoms with van der Waals surface area (Å²) in [4.78, 5) is 0. The van der Waals surface area contributed by atoms with E-state index in [0.717, 1.165) is 6.07 Å². The number of ether oxygens (including phenoxy) is 1. The largest absolute Gasteiger partial charge is 0.491 e. The van der Waals surface area contributed by atoms with Crippen molar-refractivity contribution in [3.05, 3.63) is 57.8 Å². The van der Waals surface area contributed by atoms with Crippen LogP contribution in [0, 0.1) is 5.82 Å². The molecule has 0 saturated carbocycles. The third kappa shape index (κ3) is 3.43. The summed E-state index contributed by atoms with van der Waals surface area (Å²) in [5.74, 6) is -0.370. The van der Waals surface area contributed by atoms with E-state index >= 15 is 0 Å². The molecule has 0 amide bonds. The molecule has 2 aromatic rings. The van der Waals surface area contributed by atoms with E-state index < -0.39 is 12.9 Å². The van der Waals surface area contributed by atoms with Crippen LogP contribution >= 0.6 is 23.2 Å². The summed E-state index contributed by atoms with van der Waals surface area (Å²) >= 11 is 11.9. The molecule has 0 atom stereocenters. The molecule has 0 unspecified atom stereocenters. The maximum Gasteiger partial charge on any atom is 0.491 e. The van der Waals surface area contributed by atoms with Gasteiger partial charge in [0, 0.05) is 5.46 Å². The molecule has 0 aromatic heterocycles. The normalized spacial score (nSPS) is 10.4. The van der Waals surface area contributed by atoms with Crippen LogP contribution in [0.15, 0.2) is 36.4 Å². The Morgan fingerprint density at radius 3 is 2.35 bits per heavy atom. The third-order valence-electron chi connectivity index (χ3n) is 2.64. The van der Waals surface area contributed by atoms with Crippen LogP contribution in [0.5, 0.6) is 5.75 Å². The average molecular weight is 315 g/mol. The number of hydrogen-bond donors (Lipinski definition) is 2. The number of rotatable bonds is 4. The van der Waals surface area contributed by atoms with Crippen LogP contribution < -0.4 is 10.2 Å². The Bertz CT molecular complexity index is 602. The first kappa shape index (κ1) is 15.1. The number of benzene rings is 2. The van der Waals surface area contributed by atoms with Gasteiger partial charge in [-0.25, -0.2) is 4.39 Å². The highest BCUT2D eigenvalue weighted by molar-refractivity contribution is 6.58. The minimum Gasteiger partial charge on any atom is -0.486 e. The van der Waals surface area contributed by atoms with Crippen LogP contribution in [0.2, 0.25) is 10.0 Å². The Hall–Kier alpha value is -1.27. The Balaban J connectivity index is 2.17. The second kappa shape index (κ2) is 6.46. The SMILES string of the molecule is OB(O)c1cc(COc2c(Cl)cccc2Cl)ccc1F. The highest BCUT2D eigenvalue weighted by atomic mass is 35.5. The van der Waals surface area contributed by atoms with Gasteiger partial charge in [0.05, 0.1) is 10.0 Å². The van der Waals surface area contributed by atoms with E-state index in [9.17, 15) is 4.39 Å². The second-order valence-electron chi connectivity index (χ2n) is 4.07. The van der Waals surface area contributed by atoms with E-state index in [2.05, 4.69) is 0 Å². The Morgan fingerprint density at radius 2 is 1.75 bits per heavy atom. The van der Waals surface area contributed by atoms with Crippen molar-refractivity contribution in [2.75, 3.05) is 0 Å². The third-order valence-corrected chi connectivity index (χ3v) is 3.24. The molecule has 3 nitrogen and oxygen atoms in total. The molecule has 2 aromatic carbocycles. The van der Waals surface area contributed by atoms with Crippen LogP contribution in [0.25, 0.3) is 0 Å². The topological polar surface area (TPSA) is 49.7 Å². The van der Waals surface area contributed by atoms with Crippen molar-refractivity contribution in [2.24, 2.45) is 0 Å². The van der Waals surface area contributed by atoms with E-state index in [0.29, 0.717) is 21.4 Å². The minimum atomic E-state index is -1.88. The number of halogens is 3. The zero-order chi connectivity index (χ0) is 14.7. The lowest BCUT2D eigenvalue weighted by Gasteiger charge is -2.11. The van der Waals surface area contributed by atoms with E-state index in [4.69, 9.17) is 38.0 Å². The van der Waals surface area contributed by atoms with Gasteiger partial charge in [0.25, 0.3) is 0 Å². The predicted molar refractivity (Wildman–Crippen MR) is 77.0 cm³/mol. The molecule has 20 heavy (non-hydrogen) atoms. The first-order valence-corrected chi connectivity index (χ1v) is 6.46. The van der Waals surface area contributed by atoms with Gasteiger partial charge in [-0.15, -0.1) is 0 Å². The minimum absolute atomic E-state index is 0.0729. The maximum absolute atomic E-state index is 13.3. The summed E-state index contributed by atoms with van der Waals surface area (Å²) < 4.78 is 18.8. The lowest BCUT2D eigenvalue weighted by Crippen LogP contribution is -2.33. The van der Waals surface area contributed by atoms with Crippen molar-refractivity contribution in [1.29, 1.82) is 0 Å². The lowest BCUT2D eigenvalue weighted by atomic mass is 9.79. The predicted octanol–water partition coefficient (Wildman–Crippen LogP) is 2.39. The molecular weight excluding hydrogens is 305 g/mol. The van der Waals surface area contributed by atoms with Crippen molar-refractivity contribution < 1.29 is 19.2 Å². The second-order valence-corrected chi connectivity index (χ2v) is 4.88. The summed E-state index contributed by atoms with van der Waals surface area (Å²) in [5.41, 5.74) is 0.349. The number of hydrogen-bond acceptors (Lipinski definition) is 3. The molecule has 2 rings (SSSR count). The van der Waals surface area contributed by atoms with Crippen LogP contribution in [0.4, 0.5) is 4.39 Å². The van der Waals surface area contributed by atoms with Crippen LogP contribution in [-0.4, -0.2) is 17.2 Å². The summed E-state index contributed by atoms with van der Waals surface area (Å²) in [6.45, 7) is 0.0729. The van der Waals surface area contributed by atoms with Crippen LogP contribution in [0.3, 0.4) is 0 Å². The van der Waals surface area contributed by atoms with E-state index in [1.165, 1.54) is 12.1 Å². The Morgan fingerprint density at radius 1 is 1.10 bits per heavy atom. The molecule has 0 spiro atoms. The van der Waals surface area contributed by atoms with Crippen molar-refractivity contribution in [3.8, 4) is 5.75 Å². The maximum atomic E-state index is 13.3. The highest BCUT2D eigenvalue weighted by Gasteiger charge is 2.17. The monoisotopic (exact) mass is 314 g/mol. The van der Waals surface area contributed by atoms with Gasteiger partial charge in [0.2, 0.25) is 0 Å². The van der Waals surface area contributed by atoms with Crippen molar-refractivity contribution in [3.63, 3.8) is 0 Å². The average Bonchev–Trinajstić information content (AvgIpc) is 2.39. The molecule has 2 N–H and O–H groups in total. The summed E-state index contributed by atoms with van der Waals surface area (Å²) in [6.07, 6.45) is 0. The van der Waals surface area contributed by atoms with Crippen LogP contribution in [0.1, 0.15) is 5.56 Å². The van der Waals surface area contributed by atoms with Gasteiger partial charge >= 0.3 is 7.12 Å². The first-order chi connectivity index (χ1) is 9.49. The molecule has 0 aliphatic heterocycles. The molecule has 104 valence electrons. The molecule has 0 bridgehead atoms. The summed E-state index contributed by atoms with van der Waals surface area (Å²) in [6, 6.07) is 8.89. The van der Waals surface area contributed by atoms with Crippen molar-refractivity contribution in [2.45, 2.75) is 6.61 Å². The van der Waals surface area contributed by atoms with Crippen molar-refractivity contribution >= 4 is 35.8 Å². The van der Waals surface area contributed by atoms with Crippen molar-refractivity contribution in [1.82, 2.24) is 0 Å². The van der Waals surface area contributed by atoms with Gasteiger partial charge in [0.15, 0.2) is 5.75 Å². The Kier molecular flexibility index (Phi) is 4.88. The van der Waals surface area contributed by atoms with Gasteiger partial charge < -0.3 is 14.8 Å². The van der Waals surface area contributed by atoms with E-state index in [1.54, 1.807) is 18.2 Å². The fourth-order valence-corrected chi connectivity index (χ4v) is 2.16. The van der Waals surface area contributed by atoms with Gasteiger partial charge in [-0.3, -0.25) is 0 Å². The van der Waals surface area contributed by atoms with Crippen LogP contribution in [-0.2, 0) is 6.61 Å². The molecule has 0 radical (unpaired) electrons. The standard InChI is InChI=1S/C13H10BCl2FO3/c15-10-2-1-3-11(16)13(10)20-7-8-4-5-12(17)9(6-8)14(18)19/h1-6,18-19H,7H2.